The number of para-hydroxylation sites is 1. The molecule has 0 unspecified atom stereocenters. The number of aryl methyl sites for hydroxylation is 1. The van der Waals surface area contributed by atoms with Crippen molar-refractivity contribution in [2.45, 2.75) is 13.5 Å². The number of nitrogens with zero attached hydrogens (tertiary/aromatic N) is 1. The second-order valence-corrected chi connectivity index (χ2v) is 4.26. The molecule has 0 aliphatic carbocycles. The molecule has 1 heterocycles. The summed E-state index contributed by atoms with van der Waals surface area (Å²) in [6, 6.07) is 11.9. The summed E-state index contributed by atoms with van der Waals surface area (Å²) in [6.45, 7) is 2.56. The fourth-order valence-electron chi connectivity index (χ4n) is 1.40. The standard InChI is InChI=1S/C13H12BrNO/c1-10-5-2-3-7-12(10)16-9-11-6-4-8-15-13(11)14/h2-8H,9H2,1H3. The molecule has 82 valence electrons. The average molecular weight is 278 g/mol. The van der Waals surface area contributed by atoms with Gasteiger partial charge in [-0.05, 0) is 40.5 Å². The molecule has 0 fully saturated rings. The van der Waals surface area contributed by atoms with Gasteiger partial charge in [-0.25, -0.2) is 4.98 Å². The highest BCUT2D eigenvalue weighted by Gasteiger charge is 2.02. The van der Waals surface area contributed by atoms with E-state index in [1.807, 2.05) is 43.3 Å². The molecule has 0 bridgehead atoms. The zero-order chi connectivity index (χ0) is 11.4. The Morgan fingerprint density at radius 2 is 2.00 bits per heavy atom. The molecule has 1 aromatic carbocycles. The molecule has 16 heavy (non-hydrogen) atoms. The Bertz CT molecular complexity index is 439. The van der Waals surface area contributed by atoms with Crippen LogP contribution in [-0.2, 0) is 6.61 Å². The SMILES string of the molecule is Cc1ccccc1OCc1cccnc1Br. The van der Waals surface area contributed by atoms with Crippen molar-refractivity contribution in [1.29, 1.82) is 0 Å². The molecule has 0 radical (unpaired) electrons. The van der Waals surface area contributed by atoms with Crippen LogP contribution in [0.2, 0.25) is 0 Å². The molecule has 2 rings (SSSR count). The van der Waals surface area contributed by atoms with Gasteiger partial charge in [-0.2, -0.15) is 0 Å². The van der Waals surface area contributed by atoms with Gasteiger partial charge in [0, 0.05) is 11.8 Å². The van der Waals surface area contributed by atoms with E-state index < -0.39 is 0 Å². The first-order chi connectivity index (χ1) is 7.77. The number of halogens is 1. The molecule has 1 aromatic heterocycles. The molecule has 2 nitrogen and oxygen atoms in total. The second kappa shape index (κ2) is 5.12. The molecule has 0 aliphatic heterocycles. The zero-order valence-corrected chi connectivity index (χ0v) is 10.6. The number of benzene rings is 1. The zero-order valence-electron chi connectivity index (χ0n) is 8.98. The van der Waals surface area contributed by atoms with Crippen LogP contribution < -0.4 is 4.74 Å². The van der Waals surface area contributed by atoms with Crippen LogP contribution in [0.1, 0.15) is 11.1 Å². The molecule has 0 saturated carbocycles. The summed E-state index contributed by atoms with van der Waals surface area (Å²) in [6.07, 6.45) is 1.75. The van der Waals surface area contributed by atoms with Gasteiger partial charge in [0.2, 0.25) is 0 Å². The predicted molar refractivity (Wildman–Crippen MR) is 67.4 cm³/mol. The van der Waals surface area contributed by atoms with E-state index in [4.69, 9.17) is 4.74 Å². The molecular weight excluding hydrogens is 266 g/mol. The summed E-state index contributed by atoms with van der Waals surface area (Å²) in [5, 5.41) is 0. The number of hydrogen-bond acceptors (Lipinski definition) is 2. The molecule has 0 amide bonds. The Morgan fingerprint density at radius 1 is 1.19 bits per heavy atom. The normalized spacial score (nSPS) is 10.1. The summed E-state index contributed by atoms with van der Waals surface area (Å²) in [7, 11) is 0. The molecule has 0 N–H and O–H groups in total. The maximum atomic E-state index is 5.73. The molecule has 0 spiro atoms. The fourth-order valence-corrected chi connectivity index (χ4v) is 1.77. The largest absolute Gasteiger partial charge is 0.489 e. The molecule has 2 aromatic rings. The van der Waals surface area contributed by atoms with Crippen LogP contribution in [-0.4, -0.2) is 4.98 Å². The predicted octanol–water partition coefficient (Wildman–Crippen LogP) is 3.73. The van der Waals surface area contributed by atoms with E-state index in [0.717, 1.165) is 21.5 Å². The van der Waals surface area contributed by atoms with E-state index in [1.165, 1.54) is 0 Å². The van der Waals surface area contributed by atoms with E-state index in [0.29, 0.717) is 6.61 Å². The van der Waals surface area contributed by atoms with Crippen LogP contribution in [0.3, 0.4) is 0 Å². The lowest BCUT2D eigenvalue weighted by molar-refractivity contribution is 0.303. The molecule has 0 atom stereocenters. The van der Waals surface area contributed by atoms with E-state index in [1.54, 1.807) is 6.20 Å². The summed E-state index contributed by atoms with van der Waals surface area (Å²) < 4.78 is 6.57. The molecule has 0 aliphatic rings. The molecule has 3 heteroatoms. The minimum Gasteiger partial charge on any atom is -0.489 e. The lowest BCUT2D eigenvalue weighted by Crippen LogP contribution is -1.98. The van der Waals surface area contributed by atoms with Crippen molar-refractivity contribution in [3.05, 3.63) is 58.3 Å². The maximum absolute atomic E-state index is 5.73. The summed E-state index contributed by atoms with van der Waals surface area (Å²) in [5.41, 5.74) is 2.19. The van der Waals surface area contributed by atoms with Gasteiger partial charge in [-0.1, -0.05) is 24.3 Å². The Morgan fingerprint density at radius 3 is 2.75 bits per heavy atom. The first-order valence-corrected chi connectivity index (χ1v) is 5.84. The van der Waals surface area contributed by atoms with E-state index in [2.05, 4.69) is 20.9 Å². The van der Waals surface area contributed by atoms with Crippen LogP contribution in [0.5, 0.6) is 5.75 Å². The van der Waals surface area contributed by atoms with Gasteiger partial charge in [-0.3, -0.25) is 0 Å². The fraction of sp³-hybridized carbons (Fsp3) is 0.154. The quantitative estimate of drug-likeness (QED) is 0.798. The highest BCUT2D eigenvalue weighted by molar-refractivity contribution is 9.10. The number of hydrogen-bond donors (Lipinski definition) is 0. The van der Waals surface area contributed by atoms with Crippen LogP contribution in [0.25, 0.3) is 0 Å². The lowest BCUT2D eigenvalue weighted by Gasteiger charge is -2.09. The Kier molecular flexibility index (Phi) is 3.57. The molecular formula is C13H12BrNO. The molecule has 0 saturated heterocycles. The third-order valence-corrected chi connectivity index (χ3v) is 3.03. The van der Waals surface area contributed by atoms with Crippen molar-refractivity contribution in [3.63, 3.8) is 0 Å². The van der Waals surface area contributed by atoms with E-state index >= 15 is 0 Å². The van der Waals surface area contributed by atoms with Gasteiger partial charge in [0.15, 0.2) is 0 Å². The number of ether oxygens (including phenoxy) is 1. The average Bonchev–Trinajstić information content (AvgIpc) is 2.30. The first-order valence-electron chi connectivity index (χ1n) is 5.05. The topological polar surface area (TPSA) is 22.1 Å². The van der Waals surface area contributed by atoms with Crippen molar-refractivity contribution in [3.8, 4) is 5.75 Å². The van der Waals surface area contributed by atoms with Crippen LogP contribution in [0, 0.1) is 6.92 Å². The lowest BCUT2D eigenvalue weighted by atomic mass is 10.2. The van der Waals surface area contributed by atoms with Crippen molar-refractivity contribution in [2.75, 3.05) is 0 Å². The first kappa shape index (κ1) is 11.1. The smallest absolute Gasteiger partial charge is 0.122 e. The summed E-state index contributed by atoms with van der Waals surface area (Å²) in [4.78, 5) is 4.15. The van der Waals surface area contributed by atoms with E-state index in [9.17, 15) is 0 Å². The second-order valence-electron chi connectivity index (χ2n) is 3.51. The van der Waals surface area contributed by atoms with Crippen molar-refractivity contribution in [2.24, 2.45) is 0 Å². The van der Waals surface area contributed by atoms with Crippen molar-refractivity contribution in [1.82, 2.24) is 4.98 Å². The summed E-state index contributed by atoms with van der Waals surface area (Å²) in [5.74, 6) is 0.915. The van der Waals surface area contributed by atoms with Gasteiger partial charge in [0.05, 0.1) is 0 Å². The van der Waals surface area contributed by atoms with Crippen molar-refractivity contribution < 1.29 is 4.74 Å². The van der Waals surface area contributed by atoms with Crippen molar-refractivity contribution >= 4 is 15.9 Å². The van der Waals surface area contributed by atoms with Crippen LogP contribution in [0.4, 0.5) is 0 Å². The summed E-state index contributed by atoms with van der Waals surface area (Å²) >= 11 is 3.40. The van der Waals surface area contributed by atoms with Crippen LogP contribution in [0.15, 0.2) is 47.2 Å². The van der Waals surface area contributed by atoms with Gasteiger partial charge in [0.25, 0.3) is 0 Å². The highest BCUT2D eigenvalue weighted by Crippen LogP contribution is 2.20. The number of rotatable bonds is 3. The number of aromatic nitrogens is 1. The van der Waals surface area contributed by atoms with Gasteiger partial charge >= 0.3 is 0 Å². The minimum atomic E-state index is 0.527. The third kappa shape index (κ3) is 2.61. The Hall–Kier alpha value is -1.35. The van der Waals surface area contributed by atoms with Gasteiger partial charge in [-0.15, -0.1) is 0 Å². The Balaban J connectivity index is 2.09. The van der Waals surface area contributed by atoms with Gasteiger partial charge in [0.1, 0.15) is 17.0 Å². The highest BCUT2D eigenvalue weighted by atomic mass is 79.9. The van der Waals surface area contributed by atoms with Crippen LogP contribution >= 0.6 is 15.9 Å². The van der Waals surface area contributed by atoms with Gasteiger partial charge < -0.3 is 4.74 Å². The third-order valence-electron chi connectivity index (χ3n) is 2.31. The monoisotopic (exact) mass is 277 g/mol. The number of pyridine rings is 1. The van der Waals surface area contributed by atoms with E-state index in [-0.39, 0.29) is 0 Å². The Labute approximate surface area is 103 Å². The maximum Gasteiger partial charge on any atom is 0.122 e. The minimum absolute atomic E-state index is 0.527.